The molecule has 0 aliphatic rings. The van der Waals surface area contributed by atoms with Crippen molar-refractivity contribution in [2.45, 2.75) is 39.3 Å². The van der Waals surface area contributed by atoms with Crippen LogP contribution in [0.4, 0.5) is 11.4 Å². The van der Waals surface area contributed by atoms with Gasteiger partial charge in [-0.1, -0.05) is 0 Å². The van der Waals surface area contributed by atoms with Crippen molar-refractivity contribution in [1.29, 1.82) is 0 Å². The number of nitrogens with zero attached hydrogens (tertiary/aromatic N) is 1. The Hall–Kier alpha value is -1.03. The minimum Gasteiger partial charge on any atom is -0.491 e. The van der Waals surface area contributed by atoms with Gasteiger partial charge in [-0.25, -0.2) is 0 Å². The third-order valence-electron chi connectivity index (χ3n) is 3.09. The van der Waals surface area contributed by atoms with Crippen molar-refractivity contribution in [3.63, 3.8) is 0 Å². The number of hydrogen-bond donors (Lipinski definition) is 1. The molecule has 0 spiro atoms. The number of nitrogen functional groups attached to an aromatic ring is 1. The molecule has 0 aromatic heterocycles. The van der Waals surface area contributed by atoms with Crippen molar-refractivity contribution in [2.75, 3.05) is 29.7 Å². The maximum atomic E-state index is 5.96. The van der Waals surface area contributed by atoms with E-state index in [0.717, 1.165) is 23.5 Å². The van der Waals surface area contributed by atoms with Gasteiger partial charge in [-0.05, 0) is 45.3 Å². The van der Waals surface area contributed by atoms with E-state index in [1.807, 2.05) is 37.7 Å². The first kappa shape index (κ1) is 16.0. The first-order valence-electron chi connectivity index (χ1n) is 6.73. The second-order valence-corrected chi connectivity index (χ2v) is 6.15. The van der Waals surface area contributed by atoms with Gasteiger partial charge in [-0.15, -0.1) is 0 Å². The predicted molar refractivity (Wildman–Crippen MR) is 87.5 cm³/mol. The Morgan fingerprint density at radius 2 is 1.95 bits per heavy atom. The molecule has 4 heteroatoms. The van der Waals surface area contributed by atoms with Crippen LogP contribution in [0.2, 0.25) is 0 Å². The summed E-state index contributed by atoms with van der Waals surface area (Å²) >= 11 is 1.88. The van der Waals surface area contributed by atoms with E-state index in [-0.39, 0.29) is 6.10 Å². The topological polar surface area (TPSA) is 38.5 Å². The molecule has 1 aromatic carbocycles. The molecule has 2 N–H and O–H groups in total. The van der Waals surface area contributed by atoms with Crippen LogP contribution in [0.5, 0.6) is 5.75 Å². The first-order valence-corrected chi connectivity index (χ1v) is 8.12. The molecule has 108 valence electrons. The van der Waals surface area contributed by atoms with E-state index in [1.165, 1.54) is 5.75 Å². The Labute approximate surface area is 121 Å². The Bertz CT molecular complexity index is 396. The van der Waals surface area contributed by atoms with Gasteiger partial charge in [0.15, 0.2) is 0 Å². The highest BCUT2D eigenvalue weighted by atomic mass is 32.2. The summed E-state index contributed by atoms with van der Waals surface area (Å²) in [5.74, 6) is 2.01. The molecule has 3 nitrogen and oxygen atoms in total. The van der Waals surface area contributed by atoms with Crippen molar-refractivity contribution in [2.24, 2.45) is 0 Å². The van der Waals surface area contributed by atoms with Crippen molar-refractivity contribution >= 4 is 23.1 Å². The van der Waals surface area contributed by atoms with Gasteiger partial charge in [0.25, 0.3) is 0 Å². The molecule has 1 atom stereocenters. The van der Waals surface area contributed by atoms with E-state index >= 15 is 0 Å². The van der Waals surface area contributed by atoms with E-state index < -0.39 is 0 Å². The van der Waals surface area contributed by atoms with Gasteiger partial charge < -0.3 is 15.4 Å². The second-order valence-electron chi connectivity index (χ2n) is 5.17. The summed E-state index contributed by atoms with van der Waals surface area (Å²) in [7, 11) is 2.11. The lowest BCUT2D eigenvalue weighted by molar-refractivity contribution is 0.242. The summed E-state index contributed by atoms with van der Waals surface area (Å²) in [4.78, 5) is 2.26. The van der Waals surface area contributed by atoms with Crippen molar-refractivity contribution in [1.82, 2.24) is 0 Å². The molecular weight excluding hydrogens is 256 g/mol. The van der Waals surface area contributed by atoms with Gasteiger partial charge >= 0.3 is 0 Å². The molecule has 0 saturated heterocycles. The highest BCUT2D eigenvalue weighted by molar-refractivity contribution is 7.98. The van der Waals surface area contributed by atoms with Crippen LogP contribution < -0.4 is 15.4 Å². The maximum Gasteiger partial charge on any atom is 0.123 e. The monoisotopic (exact) mass is 282 g/mol. The van der Waals surface area contributed by atoms with Crippen molar-refractivity contribution in [3.05, 3.63) is 18.2 Å². The van der Waals surface area contributed by atoms with Gasteiger partial charge in [0.2, 0.25) is 0 Å². The Morgan fingerprint density at radius 3 is 2.53 bits per heavy atom. The Morgan fingerprint density at radius 1 is 1.26 bits per heavy atom. The quantitative estimate of drug-likeness (QED) is 0.775. The summed E-state index contributed by atoms with van der Waals surface area (Å²) in [6, 6.07) is 6.43. The lowest BCUT2D eigenvalue weighted by atomic mass is 10.2. The highest BCUT2D eigenvalue weighted by Gasteiger charge is 2.12. The van der Waals surface area contributed by atoms with Crippen LogP contribution in [0.3, 0.4) is 0 Å². The number of ether oxygens (including phenoxy) is 1. The Balaban J connectivity index is 2.83. The predicted octanol–water partition coefficient (Wildman–Crippen LogP) is 3.63. The molecule has 1 unspecified atom stereocenters. The first-order chi connectivity index (χ1) is 8.93. The van der Waals surface area contributed by atoms with Crippen LogP contribution in [-0.4, -0.2) is 31.2 Å². The normalized spacial score (nSPS) is 12.5. The second kappa shape index (κ2) is 7.53. The van der Waals surface area contributed by atoms with Gasteiger partial charge in [0, 0.05) is 36.6 Å². The van der Waals surface area contributed by atoms with Crippen LogP contribution in [-0.2, 0) is 0 Å². The molecule has 0 aliphatic carbocycles. The number of hydrogen-bond acceptors (Lipinski definition) is 4. The number of nitrogens with two attached hydrogens (primary N) is 1. The molecule has 0 saturated carbocycles. The molecule has 0 heterocycles. The van der Waals surface area contributed by atoms with Gasteiger partial charge in [0.1, 0.15) is 5.75 Å². The van der Waals surface area contributed by atoms with Crippen LogP contribution in [0, 0.1) is 0 Å². The number of anilines is 2. The van der Waals surface area contributed by atoms with E-state index in [9.17, 15) is 0 Å². The molecule has 0 fully saturated rings. The number of rotatable bonds is 7. The molecule has 0 aliphatic heterocycles. The lowest BCUT2D eigenvalue weighted by Crippen LogP contribution is -2.29. The standard InChI is InChI=1S/C15H26N2OS/c1-11(2)18-15-9-13(16)8-14(10-15)17(4)12(3)6-7-19-5/h8-12H,6-7,16H2,1-5H3. The van der Waals surface area contributed by atoms with Gasteiger partial charge in [0.05, 0.1) is 6.10 Å². The minimum atomic E-state index is 0.161. The molecule has 19 heavy (non-hydrogen) atoms. The zero-order valence-electron chi connectivity index (χ0n) is 12.6. The van der Waals surface area contributed by atoms with Crippen molar-refractivity contribution < 1.29 is 4.74 Å². The zero-order chi connectivity index (χ0) is 14.4. The summed E-state index contributed by atoms with van der Waals surface area (Å²) < 4.78 is 5.74. The highest BCUT2D eigenvalue weighted by Crippen LogP contribution is 2.27. The molecule has 1 rings (SSSR count). The average Bonchev–Trinajstić information content (AvgIpc) is 2.33. The third-order valence-corrected chi connectivity index (χ3v) is 3.74. The molecule has 0 amide bonds. The van der Waals surface area contributed by atoms with Gasteiger partial charge in [-0.2, -0.15) is 11.8 Å². The lowest BCUT2D eigenvalue weighted by Gasteiger charge is -2.27. The van der Waals surface area contributed by atoms with E-state index in [0.29, 0.717) is 6.04 Å². The average molecular weight is 282 g/mol. The fourth-order valence-corrected chi connectivity index (χ4v) is 2.46. The van der Waals surface area contributed by atoms with Crippen LogP contribution in [0.15, 0.2) is 18.2 Å². The fourth-order valence-electron chi connectivity index (χ4n) is 1.89. The Kier molecular flexibility index (Phi) is 6.35. The largest absolute Gasteiger partial charge is 0.491 e. The smallest absolute Gasteiger partial charge is 0.123 e. The summed E-state index contributed by atoms with van der Waals surface area (Å²) in [6.07, 6.45) is 3.46. The molecular formula is C15H26N2OS. The third kappa shape index (κ3) is 5.23. The van der Waals surface area contributed by atoms with E-state index in [4.69, 9.17) is 10.5 Å². The van der Waals surface area contributed by atoms with Gasteiger partial charge in [-0.3, -0.25) is 0 Å². The molecule has 0 radical (unpaired) electrons. The number of benzene rings is 1. The van der Waals surface area contributed by atoms with E-state index in [1.54, 1.807) is 0 Å². The number of thioether (sulfide) groups is 1. The fraction of sp³-hybridized carbons (Fsp3) is 0.600. The molecule has 1 aromatic rings. The van der Waals surface area contributed by atoms with Crippen LogP contribution in [0.25, 0.3) is 0 Å². The van der Waals surface area contributed by atoms with E-state index in [2.05, 4.69) is 31.2 Å². The van der Waals surface area contributed by atoms with Crippen molar-refractivity contribution in [3.8, 4) is 5.75 Å². The summed E-state index contributed by atoms with van der Waals surface area (Å²) in [6.45, 7) is 6.28. The minimum absolute atomic E-state index is 0.161. The SMILES string of the molecule is CSCCC(C)N(C)c1cc(N)cc(OC(C)C)c1. The van der Waals surface area contributed by atoms with Crippen LogP contribution >= 0.6 is 11.8 Å². The zero-order valence-corrected chi connectivity index (χ0v) is 13.5. The van der Waals surface area contributed by atoms with Crippen LogP contribution in [0.1, 0.15) is 27.2 Å². The maximum absolute atomic E-state index is 5.96. The summed E-state index contributed by atoms with van der Waals surface area (Å²) in [5, 5.41) is 0. The molecule has 0 bridgehead atoms. The summed E-state index contributed by atoms with van der Waals surface area (Å²) in [5.41, 5.74) is 7.82.